The van der Waals surface area contributed by atoms with E-state index in [1.165, 1.54) is 12.1 Å². The van der Waals surface area contributed by atoms with E-state index in [0.29, 0.717) is 10.7 Å². The average molecular weight is 280 g/mol. The van der Waals surface area contributed by atoms with Crippen molar-refractivity contribution in [3.05, 3.63) is 64.9 Å². The van der Waals surface area contributed by atoms with Gasteiger partial charge in [0.1, 0.15) is 5.82 Å². The van der Waals surface area contributed by atoms with Gasteiger partial charge in [0.05, 0.1) is 12.1 Å². The standard InChI is InChI=1S/C15H15ClFNO/c1-15(10-19,11-4-2-5-12(16)8-11)18-14-7-3-6-13(17)9-14/h2-9,18-19H,10H2,1H3. The molecule has 1 atom stereocenters. The molecule has 0 saturated heterocycles. The number of rotatable bonds is 4. The third kappa shape index (κ3) is 3.25. The molecular formula is C15H15ClFNO. The highest BCUT2D eigenvalue weighted by atomic mass is 35.5. The Balaban J connectivity index is 2.32. The van der Waals surface area contributed by atoms with E-state index in [2.05, 4.69) is 5.32 Å². The van der Waals surface area contributed by atoms with E-state index in [1.807, 2.05) is 19.1 Å². The van der Waals surface area contributed by atoms with Gasteiger partial charge in [-0.15, -0.1) is 0 Å². The summed E-state index contributed by atoms with van der Waals surface area (Å²) in [6.07, 6.45) is 0. The maximum absolute atomic E-state index is 13.2. The third-order valence-corrected chi connectivity index (χ3v) is 3.26. The third-order valence-electron chi connectivity index (χ3n) is 3.02. The maximum atomic E-state index is 13.2. The quantitative estimate of drug-likeness (QED) is 0.892. The normalized spacial score (nSPS) is 13.9. The molecule has 0 aromatic heterocycles. The van der Waals surface area contributed by atoms with Gasteiger partial charge in [-0.1, -0.05) is 29.8 Å². The van der Waals surface area contributed by atoms with Crippen molar-refractivity contribution in [2.75, 3.05) is 11.9 Å². The first kappa shape index (κ1) is 13.8. The molecule has 0 amide bonds. The summed E-state index contributed by atoms with van der Waals surface area (Å²) in [5.41, 5.74) is 0.724. The van der Waals surface area contributed by atoms with Gasteiger partial charge < -0.3 is 10.4 Å². The zero-order valence-corrected chi connectivity index (χ0v) is 11.3. The fourth-order valence-electron chi connectivity index (χ4n) is 1.92. The van der Waals surface area contributed by atoms with Crippen molar-refractivity contribution >= 4 is 17.3 Å². The number of aliphatic hydroxyl groups is 1. The van der Waals surface area contributed by atoms with E-state index >= 15 is 0 Å². The van der Waals surface area contributed by atoms with Crippen LogP contribution in [0.5, 0.6) is 0 Å². The molecule has 0 saturated carbocycles. The monoisotopic (exact) mass is 279 g/mol. The van der Waals surface area contributed by atoms with E-state index in [9.17, 15) is 9.50 Å². The molecule has 2 aromatic rings. The second-order valence-corrected chi connectivity index (χ2v) is 5.07. The Morgan fingerprint density at radius 2 is 1.95 bits per heavy atom. The van der Waals surface area contributed by atoms with Crippen molar-refractivity contribution in [1.29, 1.82) is 0 Å². The Labute approximate surface area is 116 Å². The summed E-state index contributed by atoms with van der Waals surface area (Å²) in [5, 5.41) is 13.4. The Morgan fingerprint density at radius 1 is 1.21 bits per heavy atom. The minimum atomic E-state index is -0.724. The van der Waals surface area contributed by atoms with Gasteiger partial charge in [-0.2, -0.15) is 0 Å². The largest absolute Gasteiger partial charge is 0.394 e. The van der Waals surface area contributed by atoms with Gasteiger partial charge in [0.25, 0.3) is 0 Å². The van der Waals surface area contributed by atoms with Crippen LogP contribution in [0, 0.1) is 5.82 Å². The predicted octanol–water partition coefficient (Wildman–Crippen LogP) is 3.80. The van der Waals surface area contributed by atoms with Gasteiger partial charge in [0, 0.05) is 10.7 Å². The maximum Gasteiger partial charge on any atom is 0.125 e. The molecule has 0 aliphatic rings. The number of hydrogen-bond acceptors (Lipinski definition) is 2. The van der Waals surface area contributed by atoms with Crippen molar-refractivity contribution in [1.82, 2.24) is 0 Å². The summed E-state index contributed by atoms with van der Waals surface area (Å²) >= 11 is 5.97. The SMILES string of the molecule is CC(CO)(Nc1cccc(F)c1)c1cccc(Cl)c1. The van der Waals surface area contributed by atoms with Crippen molar-refractivity contribution in [3.63, 3.8) is 0 Å². The lowest BCUT2D eigenvalue weighted by Gasteiger charge is -2.30. The van der Waals surface area contributed by atoms with Crippen LogP contribution in [0.2, 0.25) is 5.02 Å². The molecular weight excluding hydrogens is 265 g/mol. The molecule has 0 bridgehead atoms. The lowest BCUT2D eigenvalue weighted by molar-refractivity contribution is 0.224. The molecule has 0 aliphatic heterocycles. The zero-order valence-electron chi connectivity index (χ0n) is 10.5. The Hall–Kier alpha value is -1.58. The molecule has 2 rings (SSSR count). The van der Waals surface area contributed by atoms with Crippen LogP contribution in [0.4, 0.5) is 10.1 Å². The van der Waals surface area contributed by atoms with Crippen LogP contribution in [0.15, 0.2) is 48.5 Å². The summed E-state index contributed by atoms with van der Waals surface area (Å²) in [7, 11) is 0. The molecule has 1 unspecified atom stereocenters. The summed E-state index contributed by atoms with van der Waals surface area (Å²) in [4.78, 5) is 0. The van der Waals surface area contributed by atoms with Crippen molar-refractivity contribution in [2.45, 2.75) is 12.5 Å². The molecule has 2 nitrogen and oxygen atoms in total. The highest BCUT2D eigenvalue weighted by molar-refractivity contribution is 6.30. The number of halogens is 2. The summed E-state index contributed by atoms with van der Waals surface area (Å²) < 4.78 is 13.2. The smallest absolute Gasteiger partial charge is 0.125 e. The average Bonchev–Trinajstić information content (AvgIpc) is 2.38. The van der Waals surface area contributed by atoms with Crippen molar-refractivity contribution in [3.8, 4) is 0 Å². The Morgan fingerprint density at radius 3 is 2.58 bits per heavy atom. The number of anilines is 1. The van der Waals surface area contributed by atoms with E-state index in [1.54, 1.807) is 24.3 Å². The fourth-order valence-corrected chi connectivity index (χ4v) is 2.11. The number of benzene rings is 2. The summed E-state index contributed by atoms with van der Waals surface area (Å²) in [6, 6.07) is 13.4. The molecule has 0 spiro atoms. The molecule has 2 aromatic carbocycles. The van der Waals surface area contributed by atoms with Crippen LogP contribution in [0.1, 0.15) is 12.5 Å². The first-order chi connectivity index (χ1) is 9.03. The summed E-state index contributed by atoms with van der Waals surface area (Å²) in [6.45, 7) is 1.70. The molecule has 0 aliphatic carbocycles. The highest BCUT2D eigenvalue weighted by Crippen LogP contribution is 2.27. The second kappa shape index (κ2) is 5.59. The predicted molar refractivity (Wildman–Crippen MR) is 75.9 cm³/mol. The van der Waals surface area contributed by atoms with Gasteiger partial charge in [-0.05, 0) is 42.8 Å². The zero-order chi connectivity index (χ0) is 13.9. The van der Waals surface area contributed by atoms with Crippen molar-refractivity contribution in [2.24, 2.45) is 0 Å². The van der Waals surface area contributed by atoms with Gasteiger partial charge in [0.2, 0.25) is 0 Å². The van der Waals surface area contributed by atoms with Gasteiger partial charge >= 0.3 is 0 Å². The second-order valence-electron chi connectivity index (χ2n) is 4.64. The van der Waals surface area contributed by atoms with Crippen LogP contribution in [-0.4, -0.2) is 11.7 Å². The van der Waals surface area contributed by atoms with Crippen LogP contribution in [0.25, 0.3) is 0 Å². The van der Waals surface area contributed by atoms with E-state index in [4.69, 9.17) is 11.6 Å². The Bertz CT molecular complexity index is 576. The molecule has 4 heteroatoms. The topological polar surface area (TPSA) is 32.3 Å². The first-order valence-corrected chi connectivity index (χ1v) is 6.32. The summed E-state index contributed by atoms with van der Waals surface area (Å²) in [5.74, 6) is -0.323. The lowest BCUT2D eigenvalue weighted by Crippen LogP contribution is -2.35. The lowest BCUT2D eigenvalue weighted by atomic mass is 9.92. The minimum Gasteiger partial charge on any atom is -0.394 e. The van der Waals surface area contributed by atoms with E-state index in [-0.39, 0.29) is 12.4 Å². The molecule has 19 heavy (non-hydrogen) atoms. The van der Waals surface area contributed by atoms with Gasteiger partial charge in [0.15, 0.2) is 0 Å². The minimum absolute atomic E-state index is 0.135. The van der Waals surface area contributed by atoms with Gasteiger partial charge in [-0.25, -0.2) is 4.39 Å². The Kier molecular flexibility index (Phi) is 4.08. The first-order valence-electron chi connectivity index (χ1n) is 5.94. The molecule has 0 fully saturated rings. The van der Waals surface area contributed by atoms with Crippen LogP contribution < -0.4 is 5.32 Å². The van der Waals surface area contributed by atoms with Crippen molar-refractivity contribution < 1.29 is 9.50 Å². The number of nitrogens with one attached hydrogen (secondary N) is 1. The molecule has 0 heterocycles. The van der Waals surface area contributed by atoms with Crippen LogP contribution >= 0.6 is 11.6 Å². The van der Waals surface area contributed by atoms with Crippen LogP contribution in [0.3, 0.4) is 0 Å². The molecule has 2 N–H and O–H groups in total. The van der Waals surface area contributed by atoms with E-state index < -0.39 is 5.54 Å². The van der Waals surface area contributed by atoms with E-state index in [0.717, 1.165) is 5.56 Å². The number of hydrogen-bond donors (Lipinski definition) is 2. The van der Waals surface area contributed by atoms with Crippen LogP contribution in [-0.2, 0) is 5.54 Å². The highest BCUT2D eigenvalue weighted by Gasteiger charge is 2.25. The fraction of sp³-hybridized carbons (Fsp3) is 0.200. The molecule has 100 valence electrons. The molecule has 0 radical (unpaired) electrons. The number of aliphatic hydroxyl groups excluding tert-OH is 1. The van der Waals surface area contributed by atoms with Gasteiger partial charge in [-0.3, -0.25) is 0 Å².